The highest BCUT2D eigenvalue weighted by Gasteiger charge is 2.17. The third-order valence-corrected chi connectivity index (χ3v) is 6.86. The summed E-state index contributed by atoms with van der Waals surface area (Å²) >= 11 is 0. The van der Waals surface area contributed by atoms with E-state index in [0.29, 0.717) is 5.82 Å². The fourth-order valence-corrected chi connectivity index (χ4v) is 5.07. The molecule has 0 aliphatic carbocycles. The molecule has 0 saturated carbocycles. The molecule has 0 atom stereocenters. The molecular weight excluding hydrogens is 448 g/mol. The number of hydrogen-bond acceptors (Lipinski definition) is 6. The molecule has 6 aromatic rings. The largest absolute Gasteiger partial charge is 0.336 e. The summed E-state index contributed by atoms with van der Waals surface area (Å²) in [7, 11) is 0. The van der Waals surface area contributed by atoms with Gasteiger partial charge in [-0.2, -0.15) is 5.10 Å². The zero-order valence-electron chi connectivity index (χ0n) is 19.6. The van der Waals surface area contributed by atoms with Crippen molar-refractivity contribution in [2.45, 2.75) is 19.4 Å². The van der Waals surface area contributed by atoms with Crippen LogP contribution in [0.15, 0.2) is 73.4 Å². The maximum absolute atomic E-state index is 4.91. The van der Waals surface area contributed by atoms with E-state index >= 15 is 0 Å². The number of hydrogen-bond donors (Lipinski definition) is 2. The maximum atomic E-state index is 4.91. The van der Waals surface area contributed by atoms with Gasteiger partial charge in [-0.25, -0.2) is 4.98 Å². The van der Waals surface area contributed by atoms with Crippen LogP contribution in [0, 0.1) is 0 Å². The molecule has 1 aromatic carbocycles. The van der Waals surface area contributed by atoms with E-state index in [1.165, 1.54) is 31.5 Å². The number of aromatic nitrogens is 7. The summed E-state index contributed by atoms with van der Waals surface area (Å²) < 4.78 is 0. The first kappa shape index (κ1) is 20.9. The van der Waals surface area contributed by atoms with Crippen LogP contribution in [-0.4, -0.2) is 53.1 Å². The number of benzene rings is 1. The van der Waals surface area contributed by atoms with Gasteiger partial charge in [-0.15, -0.1) is 0 Å². The van der Waals surface area contributed by atoms with Gasteiger partial charge in [-0.05, 0) is 73.5 Å². The second-order valence-corrected chi connectivity index (χ2v) is 9.28. The first-order valence-corrected chi connectivity index (χ1v) is 12.2. The second kappa shape index (κ2) is 8.66. The van der Waals surface area contributed by atoms with E-state index in [9.17, 15) is 0 Å². The normalized spacial score (nSPS) is 14.2. The first-order chi connectivity index (χ1) is 17.8. The smallest absolute Gasteiger partial charge is 0.159 e. The van der Waals surface area contributed by atoms with E-state index in [4.69, 9.17) is 4.98 Å². The van der Waals surface area contributed by atoms with Crippen molar-refractivity contribution in [2.75, 3.05) is 13.1 Å². The number of H-pyrrole nitrogens is 2. The Bertz CT molecular complexity index is 1680. The summed E-state index contributed by atoms with van der Waals surface area (Å²) in [5.41, 5.74) is 8.62. The fourth-order valence-electron chi connectivity index (χ4n) is 5.07. The van der Waals surface area contributed by atoms with Crippen LogP contribution in [0.2, 0.25) is 0 Å². The predicted molar refractivity (Wildman–Crippen MR) is 140 cm³/mol. The van der Waals surface area contributed by atoms with Crippen molar-refractivity contribution in [1.29, 1.82) is 0 Å². The lowest BCUT2D eigenvalue weighted by Crippen LogP contribution is -2.18. The third kappa shape index (κ3) is 3.72. The summed E-state index contributed by atoms with van der Waals surface area (Å²) in [5.74, 6) is 0.701. The van der Waals surface area contributed by atoms with Crippen molar-refractivity contribution in [3.8, 4) is 33.9 Å². The minimum atomic E-state index is 0.701. The molecule has 0 bridgehead atoms. The molecule has 5 aromatic heterocycles. The average molecular weight is 473 g/mol. The van der Waals surface area contributed by atoms with E-state index in [0.717, 1.165) is 56.6 Å². The van der Waals surface area contributed by atoms with Crippen molar-refractivity contribution in [3.05, 3.63) is 79.0 Å². The standard InChI is InChI=1S/C28H24N8/c1-2-11-36(10-1)17-18-12-21(16-30-14-18)19-5-6-23-22(13-19)26(35-34-23)28-32-24-7-9-31-25(27(24)33-28)20-4-3-8-29-15-20/h3-9,12-16H,1-2,10-11,17H2,(H,32,33)(H,34,35). The lowest BCUT2D eigenvalue weighted by atomic mass is 10.0. The van der Waals surface area contributed by atoms with E-state index in [1.807, 2.05) is 30.6 Å². The summed E-state index contributed by atoms with van der Waals surface area (Å²) in [6.45, 7) is 3.29. The topological polar surface area (TPSA) is 99.3 Å². The van der Waals surface area contributed by atoms with Crippen LogP contribution >= 0.6 is 0 Å². The fraction of sp³-hybridized carbons (Fsp3) is 0.179. The monoisotopic (exact) mass is 472 g/mol. The number of aromatic amines is 2. The Morgan fingerprint density at radius 2 is 1.72 bits per heavy atom. The van der Waals surface area contributed by atoms with Crippen molar-refractivity contribution < 1.29 is 0 Å². The molecule has 1 aliphatic heterocycles. The molecule has 1 saturated heterocycles. The lowest BCUT2D eigenvalue weighted by Gasteiger charge is -2.14. The van der Waals surface area contributed by atoms with Crippen LogP contribution in [0.3, 0.4) is 0 Å². The van der Waals surface area contributed by atoms with Gasteiger partial charge in [0.15, 0.2) is 5.82 Å². The Balaban J connectivity index is 1.28. The van der Waals surface area contributed by atoms with Gasteiger partial charge in [0.1, 0.15) is 11.2 Å². The number of nitrogens with zero attached hydrogens (tertiary/aromatic N) is 6. The van der Waals surface area contributed by atoms with Crippen molar-refractivity contribution in [3.63, 3.8) is 0 Å². The molecule has 1 fully saturated rings. The molecule has 0 unspecified atom stereocenters. The number of fused-ring (bicyclic) bond motifs is 2. The van der Waals surface area contributed by atoms with E-state index in [2.05, 4.69) is 59.3 Å². The van der Waals surface area contributed by atoms with Gasteiger partial charge in [-0.1, -0.05) is 6.07 Å². The quantitative estimate of drug-likeness (QED) is 0.357. The highest BCUT2D eigenvalue weighted by atomic mass is 15.1. The van der Waals surface area contributed by atoms with Gasteiger partial charge in [0.2, 0.25) is 0 Å². The molecule has 7 rings (SSSR count). The van der Waals surface area contributed by atoms with Crippen molar-refractivity contribution in [2.24, 2.45) is 0 Å². The van der Waals surface area contributed by atoms with E-state index < -0.39 is 0 Å². The van der Waals surface area contributed by atoms with Crippen LogP contribution in [0.5, 0.6) is 0 Å². The predicted octanol–water partition coefficient (Wildman–Crippen LogP) is 5.22. The van der Waals surface area contributed by atoms with Crippen LogP contribution < -0.4 is 0 Å². The Labute approximate surface area is 207 Å². The molecule has 6 heterocycles. The van der Waals surface area contributed by atoms with Crippen LogP contribution in [-0.2, 0) is 6.54 Å². The van der Waals surface area contributed by atoms with E-state index in [-0.39, 0.29) is 0 Å². The summed E-state index contributed by atoms with van der Waals surface area (Å²) in [6.07, 6.45) is 11.8. The van der Waals surface area contributed by atoms with Crippen molar-refractivity contribution in [1.82, 2.24) is 40.0 Å². The average Bonchev–Trinajstić information content (AvgIpc) is 3.68. The molecule has 8 heteroatoms. The van der Waals surface area contributed by atoms with Crippen LogP contribution in [0.1, 0.15) is 18.4 Å². The van der Waals surface area contributed by atoms with Crippen LogP contribution in [0.25, 0.3) is 55.8 Å². The molecule has 176 valence electrons. The molecule has 36 heavy (non-hydrogen) atoms. The zero-order valence-corrected chi connectivity index (χ0v) is 19.6. The molecule has 0 spiro atoms. The number of pyridine rings is 3. The van der Waals surface area contributed by atoms with Gasteiger partial charge in [0.25, 0.3) is 0 Å². The summed E-state index contributed by atoms with van der Waals surface area (Å²) in [5, 5.41) is 8.77. The number of nitrogens with one attached hydrogen (secondary N) is 2. The second-order valence-electron chi connectivity index (χ2n) is 9.28. The highest BCUT2D eigenvalue weighted by molar-refractivity contribution is 5.97. The highest BCUT2D eigenvalue weighted by Crippen LogP contribution is 2.32. The Morgan fingerprint density at radius 3 is 2.61 bits per heavy atom. The molecule has 2 N–H and O–H groups in total. The third-order valence-electron chi connectivity index (χ3n) is 6.86. The summed E-state index contributed by atoms with van der Waals surface area (Å²) in [6, 6.07) is 14.4. The Morgan fingerprint density at radius 1 is 0.806 bits per heavy atom. The Kier molecular flexibility index (Phi) is 5.03. The Hall–Kier alpha value is -4.43. The first-order valence-electron chi connectivity index (χ1n) is 12.2. The van der Waals surface area contributed by atoms with Crippen molar-refractivity contribution >= 4 is 21.9 Å². The molecular formula is C28H24N8. The van der Waals surface area contributed by atoms with Gasteiger partial charge in [-0.3, -0.25) is 25.0 Å². The number of likely N-dealkylation sites (tertiary alicyclic amines) is 1. The summed E-state index contributed by atoms with van der Waals surface area (Å²) in [4.78, 5) is 24.2. The van der Waals surface area contributed by atoms with E-state index in [1.54, 1.807) is 18.6 Å². The molecule has 8 nitrogen and oxygen atoms in total. The van der Waals surface area contributed by atoms with Gasteiger partial charge >= 0.3 is 0 Å². The number of rotatable bonds is 5. The molecule has 1 aliphatic rings. The number of imidazole rings is 1. The minimum absolute atomic E-state index is 0.701. The van der Waals surface area contributed by atoms with Crippen LogP contribution in [0.4, 0.5) is 0 Å². The van der Waals surface area contributed by atoms with Gasteiger partial charge < -0.3 is 4.98 Å². The van der Waals surface area contributed by atoms with Gasteiger partial charge in [0, 0.05) is 54.0 Å². The lowest BCUT2D eigenvalue weighted by molar-refractivity contribution is 0.331. The minimum Gasteiger partial charge on any atom is -0.336 e. The van der Waals surface area contributed by atoms with Gasteiger partial charge in [0.05, 0.1) is 16.7 Å². The zero-order chi connectivity index (χ0) is 23.9. The SMILES string of the molecule is c1cncc(-c2nccc3[nH]c(-c4n[nH]c5ccc(-c6cncc(CN7CCCC7)c6)cc45)nc23)c1. The molecule has 0 radical (unpaired) electrons. The molecule has 0 amide bonds. The maximum Gasteiger partial charge on any atom is 0.159 e.